The number of rotatable bonds is 6. The molecule has 1 aromatic heterocycles. The van der Waals surface area contributed by atoms with Crippen LogP contribution in [0.3, 0.4) is 0 Å². The highest BCUT2D eigenvalue weighted by molar-refractivity contribution is 6.08. The number of Topliss-reactive ketones (excluding diaryl/α,β-unsaturated/α-hetero) is 1. The first-order valence-corrected chi connectivity index (χ1v) is 7.64. The van der Waals surface area contributed by atoms with Crippen LogP contribution in [-0.4, -0.2) is 23.2 Å². The molecule has 0 aliphatic rings. The monoisotopic (exact) mass is 319 g/mol. The summed E-state index contributed by atoms with van der Waals surface area (Å²) in [6, 6.07) is 14.8. The van der Waals surface area contributed by atoms with Gasteiger partial charge in [-0.2, -0.15) is 0 Å². The molecule has 3 rings (SSSR count). The fourth-order valence-electron chi connectivity index (χ4n) is 2.42. The SMILES string of the molecule is CC(=O)COc1cccc(C(=O)/C=C/c2c[nH]c3ccccc23)c1. The molecule has 0 amide bonds. The maximum Gasteiger partial charge on any atom is 0.185 e. The van der Waals surface area contributed by atoms with Crippen LogP contribution in [-0.2, 0) is 4.79 Å². The zero-order valence-corrected chi connectivity index (χ0v) is 13.3. The molecule has 0 aliphatic heterocycles. The smallest absolute Gasteiger partial charge is 0.185 e. The second kappa shape index (κ2) is 6.96. The topological polar surface area (TPSA) is 59.2 Å². The molecule has 0 spiro atoms. The number of hydrogen-bond donors (Lipinski definition) is 1. The molecule has 4 nitrogen and oxygen atoms in total. The fourth-order valence-corrected chi connectivity index (χ4v) is 2.42. The molecule has 0 unspecified atom stereocenters. The highest BCUT2D eigenvalue weighted by Crippen LogP contribution is 2.20. The molecule has 3 aromatic rings. The molecule has 0 fully saturated rings. The van der Waals surface area contributed by atoms with E-state index in [1.165, 1.54) is 6.92 Å². The third kappa shape index (κ3) is 3.60. The quantitative estimate of drug-likeness (QED) is 0.551. The molecule has 0 radical (unpaired) electrons. The third-order valence-electron chi connectivity index (χ3n) is 3.60. The summed E-state index contributed by atoms with van der Waals surface area (Å²) in [4.78, 5) is 26.5. The number of hydrogen-bond acceptors (Lipinski definition) is 3. The summed E-state index contributed by atoms with van der Waals surface area (Å²) in [5.41, 5.74) is 2.51. The number of allylic oxidation sites excluding steroid dienone is 1. The Bertz CT molecular complexity index is 921. The van der Waals surface area contributed by atoms with Gasteiger partial charge in [0.2, 0.25) is 0 Å². The Hall–Kier alpha value is -3.14. The van der Waals surface area contributed by atoms with Crippen molar-refractivity contribution in [3.8, 4) is 5.75 Å². The summed E-state index contributed by atoms with van der Waals surface area (Å²) in [7, 11) is 0. The van der Waals surface area contributed by atoms with E-state index >= 15 is 0 Å². The average molecular weight is 319 g/mol. The van der Waals surface area contributed by atoms with Crippen molar-refractivity contribution < 1.29 is 14.3 Å². The van der Waals surface area contributed by atoms with Gasteiger partial charge in [-0.1, -0.05) is 30.3 Å². The van der Waals surface area contributed by atoms with Gasteiger partial charge in [0.05, 0.1) is 0 Å². The van der Waals surface area contributed by atoms with Crippen LogP contribution in [0.2, 0.25) is 0 Å². The molecule has 0 bridgehead atoms. The molecular weight excluding hydrogens is 302 g/mol. The molecule has 0 atom stereocenters. The van der Waals surface area contributed by atoms with Crippen LogP contribution in [0.15, 0.2) is 60.8 Å². The minimum Gasteiger partial charge on any atom is -0.486 e. The lowest BCUT2D eigenvalue weighted by molar-refractivity contribution is -0.118. The predicted molar refractivity (Wildman–Crippen MR) is 94.3 cm³/mol. The number of carbonyl (C=O) groups excluding carboxylic acids is 2. The molecule has 1 heterocycles. The molecule has 0 saturated carbocycles. The first-order chi connectivity index (χ1) is 11.6. The summed E-state index contributed by atoms with van der Waals surface area (Å²) >= 11 is 0. The number of H-pyrrole nitrogens is 1. The Labute approximate surface area is 139 Å². The lowest BCUT2D eigenvalue weighted by atomic mass is 10.1. The van der Waals surface area contributed by atoms with Crippen molar-refractivity contribution in [1.29, 1.82) is 0 Å². The number of aromatic nitrogens is 1. The number of aromatic amines is 1. The van der Waals surface area contributed by atoms with E-state index in [4.69, 9.17) is 4.74 Å². The van der Waals surface area contributed by atoms with Gasteiger partial charge in [0.25, 0.3) is 0 Å². The lowest BCUT2D eigenvalue weighted by Crippen LogP contribution is -2.07. The van der Waals surface area contributed by atoms with Crippen LogP contribution in [0, 0.1) is 0 Å². The maximum atomic E-state index is 12.3. The molecule has 0 aliphatic carbocycles. The van der Waals surface area contributed by atoms with Crippen molar-refractivity contribution in [3.63, 3.8) is 0 Å². The highest BCUT2D eigenvalue weighted by atomic mass is 16.5. The van der Waals surface area contributed by atoms with Gasteiger partial charge in [-0.3, -0.25) is 9.59 Å². The first kappa shape index (κ1) is 15.7. The largest absolute Gasteiger partial charge is 0.486 e. The number of nitrogens with one attached hydrogen (secondary N) is 1. The van der Waals surface area contributed by atoms with Crippen LogP contribution >= 0.6 is 0 Å². The third-order valence-corrected chi connectivity index (χ3v) is 3.60. The molecule has 2 aromatic carbocycles. The van der Waals surface area contributed by atoms with Crippen molar-refractivity contribution in [2.24, 2.45) is 0 Å². The number of benzene rings is 2. The van der Waals surface area contributed by atoms with E-state index < -0.39 is 0 Å². The standard InChI is InChI=1S/C20H17NO3/c1-14(22)13-24-17-6-4-5-15(11-17)20(23)10-9-16-12-21-19-8-3-2-7-18(16)19/h2-12,21H,13H2,1H3/b10-9+. The Balaban J connectivity index is 1.77. The van der Waals surface area contributed by atoms with E-state index in [-0.39, 0.29) is 18.2 Å². The number of para-hydroxylation sites is 1. The molecule has 1 N–H and O–H groups in total. The highest BCUT2D eigenvalue weighted by Gasteiger charge is 2.05. The molecule has 120 valence electrons. The van der Waals surface area contributed by atoms with Crippen LogP contribution in [0.5, 0.6) is 5.75 Å². The van der Waals surface area contributed by atoms with Gasteiger partial charge < -0.3 is 9.72 Å². The van der Waals surface area contributed by atoms with Crippen LogP contribution < -0.4 is 4.74 Å². The number of fused-ring (bicyclic) bond motifs is 1. The Morgan fingerprint density at radius 3 is 2.79 bits per heavy atom. The summed E-state index contributed by atoms with van der Waals surface area (Å²) in [5.74, 6) is 0.330. The van der Waals surface area contributed by atoms with E-state index in [0.717, 1.165) is 16.5 Å². The number of ketones is 2. The van der Waals surface area contributed by atoms with E-state index in [1.807, 2.05) is 30.5 Å². The second-order valence-electron chi connectivity index (χ2n) is 5.51. The van der Waals surface area contributed by atoms with Crippen molar-refractivity contribution in [1.82, 2.24) is 4.98 Å². The molecule has 4 heteroatoms. The Kier molecular flexibility index (Phi) is 4.57. The molecular formula is C20H17NO3. The van der Waals surface area contributed by atoms with E-state index in [9.17, 15) is 9.59 Å². The Morgan fingerprint density at radius 2 is 1.96 bits per heavy atom. The first-order valence-electron chi connectivity index (χ1n) is 7.64. The van der Waals surface area contributed by atoms with Gasteiger partial charge in [-0.25, -0.2) is 0 Å². The summed E-state index contributed by atoms with van der Waals surface area (Å²) < 4.78 is 5.34. The van der Waals surface area contributed by atoms with Gasteiger partial charge in [-0.15, -0.1) is 0 Å². The van der Waals surface area contributed by atoms with Crippen molar-refractivity contribution in [2.45, 2.75) is 6.92 Å². The Morgan fingerprint density at radius 1 is 1.12 bits per heavy atom. The number of ether oxygens (including phenoxy) is 1. The van der Waals surface area contributed by atoms with Gasteiger partial charge in [-0.05, 0) is 42.8 Å². The minimum atomic E-state index is -0.117. The van der Waals surface area contributed by atoms with Crippen LogP contribution in [0.1, 0.15) is 22.8 Å². The summed E-state index contributed by atoms with van der Waals surface area (Å²) in [6.45, 7) is 1.46. The fraction of sp³-hybridized carbons (Fsp3) is 0.100. The maximum absolute atomic E-state index is 12.3. The molecule has 0 saturated heterocycles. The predicted octanol–water partition coefficient (Wildman–Crippen LogP) is 4.03. The average Bonchev–Trinajstić information content (AvgIpc) is 3.01. The van der Waals surface area contributed by atoms with E-state index in [2.05, 4.69) is 4.98 Å². The van der Waals surface area contributed by atoms with Gasteiger partial charge in [0.15, 0.2) is 11.6 Å². The zero-order chi connectivity index (χ0) is 16.9. The van der Waals surface area contributed by atoms with Crippen LogP contribution in [0.4, 0.5) is 0 Å². The van der Waals surface area contributed by atoms with Crippen molar-refractivity contribution in [3.05, 3.63) is 71.9 Å². The number of carbonyl (C=O) groups is 2. The van der Waals surface area contributed by atoms with Gasteiger partial charge >= 0.3 is 0 Å². The van der Waals surface area contributed by atoms with Gasteiger partial charge in [0.1, 0.15) is 12.4 Å². The van der Waals surface area contributed by atoms with E-state index in [1.54, 1.807) is 36.4 Å². The molecule has 24 heavy (non-hydrogen) atoms. The van der Waals surface area contributed by atoms with Gasteiger partial charge in [0, 0.05) is 22.7 Å². The van der Waals surface area contributed by atoms with Crippen LogP contribution in [0.25, 0.3) is 17.0 Å². The van der Waals surface area contributed by atoms with Crippen molar-refractivity contribution >= 4 is 28.5 Å². The summed E-state index contributed by atoms with van der Waals surface area (Å²) in [6.07, 6.45) is 5.21. The van der Waals surface area contributed by atoms with Crippen molar-refractivity contribution in [2.75, 3.05) is 6.61 Å². The lowest BCUT2D eigenvalue weighted by Gasteiger charge is -2.04. The normalized spacial score (nSPS) is 11.0. The van der Waals surface area contributed by atoms with E-state index in [0.29, 0.717) is 11.3 Å². The summed E-state index contributed by atoms with van der Waals surface area (Å²) in [5, 5.41) is 1.07. The minimum absolute atomic E-state index is 0.00280. The second-order valence-corrected chi connectivity index (χ2v) is 5.51. The zero-order valence-electron chi connectivity index (χ0n) is 13.3.